The van der Waals surface area contributed by atoms with E-state index in [1.165, 1.54) is 6.07 Å². The fourth-order valence-corrected chi connectivity index (χ4v) is 2.26. The lowest BCUT2D eigenvalue weighted by atomic mass is 10.0. The minimum atomic E-state index is -4.62. The number of nitrogens with one attached hydrogen (secondary N) is 1. The molecule has 1 aromatic rings. The molecule has 0 amide bonds. The second kappa shape index (κ2) is 5.12. The van der Waals surface area contributed by atoms with Crippen LogP contribution in [0.5, 0.6) is 0 Å². The van der Waals surface area contributed by atoms with E-state index >= 15 is 0 Å². The molecule has 2 atom stereocenters. The number of halogens is 4. The average Bonchev–Trinajstić information content (AvgIpc) is 3.05. The summed E-state index contributed by atoms with van der Waals surface area (Å²) in [5.41, 5.74) is -0.572. The molecule has 1 aliphatic rings. The van der Waals surface area contributed by atoms with Gasteiger partial charge in [-0.05, 0) is 42.5 Å². The van der Waals surface area contributed by atoms with Gasteiger partial charge in [-0.25, -0.2) is 4.39 Å². The number of hydrogen-bond donors (Lipinski definition) is 1. The Kier molecular flexibility index (Phi) is 3.85. The Morgan fingerprint density at radius 3 is 2.58 bits per heavy atom. The first-order valence-corrected chi connectivity index (χ1v) is 6.39. The summed E-state index contributed by atoms with van der Waals surface area (Å²) in [7, 11) is 0. The Morgan fingerprint density at radius 2 is 2.00 bits per heavy atom. The van der Waals surface area contributed by atoms with Crippen molar-refractivity contribution in [3.8, 4) is 0 Å². The Balaban J connectivity index is 2.07. The van der Waals surface area contributed by atoms with Crippen LogP contribution in [0.25, 0.3) is 0 Å². The van der Waals surface area contributed by atoms with Crippen LogP contribution in [0.2, 0.25) is 0 Å². The fraction of sp³-hybridized carbons (Fsp3) is 0.571. The molecule has 19 heavy (non-hydrogen) atoms. The fourth-order valence-electron chi connectivity index (χ4n) is 2.26. The van der Waals surface area contributed by atoms with Crippen LogP contribution in [0.15, 0.2) is 18.2 Å². The molecule has 0 saturated heterocycles. The molecule has 2 unspecified atom stereocenters. The predicted molar refractivity (Wildman–Crippen MR) is 65.4 cm³/mol. The molecule has 1 saturated carbocycles. The first-order chi connectivity index (χ1) is 8.79. The molecular weight excluding hydrogens is 258 g/mol. The Hall–Kier alpha value is -1.10. The molecule has 5 heteroatoms. The largest absolute Gasteiger partial charge is 0.419 e. The van der Waals surface area contributed by atoms with Crippen molar-refractivity contribution >= 4 is 0 Å². The van der Waals surface area contributed by atoms with Gasteiger partial charge in [-0.2, -0.15) is 13.2 Å². The quantitative estimate of drug-likeness (QED) is 0.820. The van der Waals surface area contributed by atoms with Crippen LogP contribution >= 0.6 is 0 Å². The first kappa shape index (κ1) is 14.3. The maximum absolute atomic E-state index is 13.2. The highest BCUT2D eigenvalue weighted by Gasteiger charge is 2.40. The zero-order valence-electron chi connectivity index (χ0n) is 10.9. The highest BCUT2D eigenvalue weighted by atomic mass is 19.4. The average molecular weight is 275 g/mol. The van der Waals surface area contributed by atoms with E-state index in [1.807, 2.05) is 13.8 Å². The third-order valence-corrected chi connectivity index (χ3v) is 3.43. The summed E-state index contributed by atoms with van der Waals surface area (Å²) in [5.74, 6) is -0.726. The molecule has 1 aromatic carbocycles. The third-order valence-electron chi connectivity index (χ3n) is 3.43. The van der Waals surface area contributed by atoms with Crippen LogP contribution in [0.1, 0.15) is 37.3 Å². The van der Waals surface area contributed by atoms with Gasteiger partial charge in [-0.3, -0.25) is 0 Å². The lowest BCUT2D eigenvalue weighted by molar-refractivity contribution is -0.140. The minimum Gasteiger partial charge on any atom is -0.314 e. The Labute approximate surface area is 110 Å². The van der Waals surface area contributed by atoms with Crippen molar-refractivity contribution in [1.82, 2.24) is 5.32 Å². The maximum atomic E-state index is 13.2. The summed E-state index contributed by atoms with van der Waals surface area (Å²) in [6.45, 7) is 4.84. The molecule has 1 nitrogen and oxygen atoms in total. The lowest BCUT2D eigenvalue weighted by Crippen LogP contribution is -2.25. The van der Waals surface area contributed by atoms with Crippen LogP contribution in [0.4, 0.5) is 17.6 Å². The van der Waals surface area contributed by atoms with Crippen LogP contribution in [0, 0.1) is 11.7 Å². The summed E-state index contributed by atoms with van der Waals surface area (Å²) in [6.07, 6.45) is -3.76. The van der Waals surface area contributed by atoms with Crippen LogP contribution in [0.3, 0.4) is 0 Å². The molecule has 0 heterocycles. The summed E-state index contributed by atoms with van der Waals surface area (Å²) < 4.78 is 51.0. The maximum Gasteiger partial charge on any atom is 0.419 e. The van der Waals surface area contributed by atoms with Gasteiger partial charge in [0, 0.05) is 6.04 Å². The standard InChI is InChI=1S/C14H17F4N/c1-8(2)19-7-10-5-11(10)9-3-4-13(15)12(6-9)14(16,17)18/h3-4,6,8,10-11,19H,5,7H2,1-2H3. The molecule has 106 valence electrons. The molecule has 0 spiro atoms. The smallest absolute Gasteiger partial charge is 0.314 e. The topological polar surface area (TPSA) is 12.0 Å². The molecule has 1 aliphatic carbocycles. The van der Waals surface area contributed by atoms with E-state index in [9.17, 15) is 17.6 Å². The molecule has 2 rings (SSSR count). The number of benzene rings is 1. The molecule has 1 fully saturated rings. The summed E-state index contributed by atoms with van der Waals surface area (Å²) in [4.78, 5) is 0. The highest BCUT2D eigenvalue weighted by Crippen LogP contribution is 2.48. The molecular formula is C14H17F4N. The molecule has 1 N–H and O–H groups in total. The van der Waals surface area contributed by atoms with Crippen LogP contribution in [-0.2, 0) is 6.18 Å². The molecule has 0 aliphatic heterocycles. The highest BCUT2D eigenvalue weighted by molar-refractivity contribution is 5.33. The number of alkyl halides is 3. The minimum absolute atomic E-state index is 0.118. The SMILES string of the molecule is CC(C)NCC1CC1c1ccc(F)c(C(F)(F)F)c1. The van der Waals surface area contributed by atoms with E-state index in [4.69, 9.17) is 0 Å². The van der Waals surface area contributed by atoms with Crippen molar-refractivity contribution in [2.24, 2.45) is 5.92 Å². The summed E-state index contributed by atoms with van der Waals surface area (Å²) in [6, 6.07) is 3.70. The van der Waals surface area contributed by atoms with Gasteiger partial charge in [0.25, 0.3) is 0 Å². The van der Waals surface area contributed by atoms with E-state index in [1.54, 1.807) is 0 Å². The van der Waals surface area contributed by atoms with Gasteiger partial charge < -0.3 is 5.32 Å². The third kappa shape index (κ3) is 3.47. The van der Waals surface area contributed by atoms with Crippen molar-refractivity contribution in [3.05, 3.63) is 35.1 Å². The Bertz CT molecular complexity index is 453. The molecule has 0 aromatic heterocycles. The second-order valence-electron chi connectivity index (χ2n) is 5.40. The Morgan fingerprint density at radius 1 is 1.32 bits per heavy atom. The molecule has 0 radical (unpaired) electrons. The van der Waals surface area contributed by atoms with E-state index < -0.39 is 17.6 Å². The number of hydrogen-bond acceptors (Lipinski definition) is 1. The van der Waals surface area contributed by atoms with Crippen molar-refractivity contribution in [2.75, 3.05) is 6.54 Å². The van der Waals surface area contributed by atoms with Gasteiger partial charge in [0.1, 0.15) is 5.82 Å². The van der Waals surface area contributed by atoms with E-state index in [0.29, 0.717) is 17.5 Å². The summed E-state index contributed by atoms with van der Waals surface area (Å²) >= 11 is 0. The van der Waals surface area contributed by atoms with E-state index in [-0.39, 0.29) is 5.92 Å². The predicted octanol–water partition coefficient (Wildman–Crippen LogP) is 3.95. The van der Waals surface area contributed by atoms with E-state index in [2.05, 4.69) is 5.32 Å². The normalized spacial score (nSPS) is 22.9. The zero-order chi connectivity index (χ0) is 14.2. The van der Waals surface area contributed by atoms with Gasteiger partial charge >= 0.3 is 6.18 Å². The lowest BCUT2D eigenvalue weighted by Gasteiger charge is -2.11. The van der Waals surface area contributed by atoms with Gasteiger partial charge in [0.15, 0.2) is 0 Å². The van der Waals surface area contributed by atoms with Crippen LogP contribution in [-0.4, -0.2) is 12.6 Å². The monoisotopic (exact) mass is 275 g/mol. The van der Waals surface area contributed by atoms with Gasteiger partial charge in [-0.1, -0.05) is 19.9 Å². The molecule has 0 bridgehead atoms. The summed E-state index contributed by atoms with van der Waals surface area (Å²) in [5, 5.41) is 3.27. The number of rotatable bonds is 4. The van der Waals surface area contributed by atoms with Crippen molar-refractivity contribution < 1.29 is 17.6 Å². The van der Waals surface area contributed by atoms with Gasteiger partial charge in [0.05, 0.1) is 5.56 Å². The van der Waals surface area contributed by atoms with E-state index in [0.717, 1.165) is 25.1 Å². The zero-order valence-corrected chi connectivity index (χ0v) is 10.9. The second-order valence-corrected chi connectivity index (χ2v) is 5.40. The van der Waals surface area contributed by atoms with Crippen molar-refractivity contribution in [2.45, 2.75) is 38.4 Å². The van der Waals surface area contributed by atoms with Gasteiger partial charge in [0.2, 0.25) is 0 Å². The van der Waals surface area contributed by atoms with Crippen molar-refractivity contribution in [3.63, 3.8) is 0 Å². The van der Waals surface area contributed by atoms with Gasteiger partial charge in [-0.15, -0.1) is 0 Å². The van der Waals surface area contributed by atoms with Crippen LogP contribution < -0.4 is 5.32 Å². The first-order valence-electron chi connectivity index (χ1n) is 6.39. The van der Waals surface area contributed by atoms with Crippen molar-refractivity contribution in [1.29, 1.82) is 0 Å².